The lowest BCUT2D eigenvalue weighted by Crippen LogP contribution is -1.81. The van der Waals surface area contributed by atoms with Gasteiger partial charge in [0.05, 0.1) is 0 Å². The molecule has 0 saturated carbocycles. The third-order valence-electron chi connectivity index (χ3n) is 2.58. The molecule has 3 aromatic rings. The molecule has 4 nitrogen and oxygen atoms in total. The fourth-order valence-corrected chi connectivity index (χ4v) is 2.43. The SMILES string of the molecule is Clc1ccc(-c2nnc(SCc3cccnc3)o2)cc1. The zero-order valence-corrected chi connectivity index (χ0v) is 11.9. The van der Waals surface area contributed by atoms with Crippen LogP contribution in [0.4, 0.5) is 0 Å². The minimum Gasteiger partial charge on any atom is -0.411 e. The number of benzene rings is 1. The number of halogens is 1. The van der Waals surface area contributed by atoms with Gasteiger partial charge in [0.25, 0.3) is 5.22 Å². The molecule has 3 rings (SSSR count). The zero-order chi connectivity index (χ0) is 13.8. The topological polar surface area (TPSA) is 51.8 Å². The Morgan fingerprint density at radius 3 is 2.70 bits per heavy atom. The van der Waals surface area contributed by atoms with Gasteiger partial charge < -0.3 is 4.42 Å². The highest BCUT2D eigenvalue weighted by Crippen LogP contribution is 2.26. The van der Waals surface area contributed by atoms with Gasteiger partial charge in [-0.2, -0.15) is 0 Å². The van der Waals surface area contributed by atoms with Crippen LogP contribution in [0.25, 0.3) is 11.5 Å². The molecule has 0 aliphatic carbocycles. The van der Waals surface area contributed by atoms with E-state index in [9.17, 15) is 0 Å². The maximum atomic E-state index is 5.85. The van der Waals surface area contributed by atoms with Crippen molar-refractivity contribution < 1.29 is 4.42 Å². The molecule has 0 saturated heterocycles. The summed E-state index contributed by atoms with van der Waals surface area (Å²) < 4.78 is 5.61. The third kappa shape index (κ3) is 3.18. The third-order valence-corrected chi connectivity index (χ3v) is 3.72. The second-order valence-corrected chi connectivity index (χ2v) is 5.39. The lowest BCUT2D eigenvalue weighted by molar-refractivity contribution is 0.466. The number of hydrogen-bond donors (Lipinski definition) is 0. The Hall–Kier alpha value is -1.85. The van der Waals surface area contributed by atoms with Crippen LogP contribution in [0.5, 0.6) is 0 Å². The Morgan fingerprint density at radius 2 is 1.95 bits per heavy atom. The van der Waals surface area contributed by atoms with Crippen molar-refractivity contribution in [1.82, 2.24) is 15.2 Å². The Labute approximate surface area is 125 Å². The predicted molar refractivity (Wildman–Crippen MR) is 78.5 cm³/mol. The zero-order valence-electron chi connectivity index (χ0n) is 10.4. The van der Waals surface area contributed by atoms with Crippen LogP contribution in [0.1, 0.15) is 5.56 Å². The molecule has 0 N–H and O–H groups in total. The summed E-state index contributed by atoms with van der Waals surface area (Å²) in [7, 11) is 0. The molecule has 100 valence electrons. The van der Waals surface area contributed by atoms with Gasteiger partial charge >= 0.3 is 0 Å². The fourth-order valence-electron chi connectivity index (χ4n) is 1.61. The summed E-state index contributed by atoms with van der Waals surface area (Å²) in [4.78, 5) is 4.07. The van der Waals surface area contributed by atoms with Crippen LogP contribution in [-0.2, 0) is 5.75 Å². The summed E-state index contributed by atoms with van der Waals surface area (Å²) in [5.41, 5.74) is 1.97. The van der Waals surface area contributed by atoms with Crippen molar-refractivity contribution >= 4 is 23.4 Å². The van der Waals surface area contributed by atoms with Crippen molar-refractivity contribution in [3.63, 3.8) is 0 Å². The fraction of sp³-hybridized carbons (Fsp3) is 0.0714. The molecule has 0 radical (unpaired) electrons. The Bertz CT molecular complexity index is 685. The summed E-state index contributed by atoms with van der Waals surface area (Å²) in [6.07, 6.45) is 3.57. The summed E-state index contributed by atoms with van der Waals surface area (Å²) >= 11 is 7.33. The molecular formula is C14H10ClN3OS. The molecule has 1 aromatic carbocycles. The Balaban J connectivity index is 1.69. The predicted octanol–water partition coefficient (Wildman–Crippen LogP) is 4.08. The van der Waals surface area contributed by atoms with Gasteiger partial charge in [0.15, 0.2) is 0 Å². The molecule has 0 atom stereocenters. The van der Waals surface area contributed by atoms with E-state index >= 15 is 0 Å². The van der Waals surface area contributed by atoms with E-state index in [0.29, 0.717) is 16.1 Å². The van der Waals surface area contributed by atoms with Crippen molar-refractivity contribution in [2.24, 2.45) is 0 Å². The van der Waals surface area contributed by atoms with Gasteiger partial charge in [0.2, 0.25) is 5.89 Å². The van der Waals surface area contributed by atoms with E-state index in [0.717, 1.165) is 16.9 Å². The average molecular weight is 304 g/mol. The van der Waals surface area contributed by atoms with Crippen molar-refractivity contribution in [3.8, 4) is 11.5 Å². The number of rotatable bonds is 4. The Morgan fingerprint density at radius 1 is 1.10 bits per heavy atom. The molecule has 0 bridgehead atoms. The molecule has 20 heavy (non-hydrogen) atoms. The van der Waals surface area contributed by atoms with Gasteiger partial charge in [-0.05, 0) is 35.9 Å². The number of aromatic nitrogens is 3. The number of hydrogen-bond acceptors (Lipinski definition) is 5. The lowest BCUT2D eigenvalue weighted by Gasteiger charge is -1.96. The summed E-state index contributed by atoms with van der Waals surface area (Å²) in [5.74, 6) is 1.24. The van der Waals surface area contributed by atoms with Gasteiger partial charge in [-0.1, -0.05) is 29.4 Å². The van der Waals surface area contributed by atoms with Gasteiger partial charge in [0, 0.05) is 28.7 Å². The van der Waals surface area contributed by atoms with E-state index in [1.807, 2.05) is 30.5 Å². The first-order chi connectivity index (χ1) is 9.81. The molecule has 0 spiro atoms. The minimum atomic E-state index is 0.496. The van der Waals surface area contributed by atoms with Crippen LogP contribution in [0.2, 0.25) is 5.02 Å². The van der Waals surface area contributed by atoms with Crippen molar-refractivity contribution in [3.05, 3.63) is 59.4 Å². The van der Waals surface area contributed by atoms with E-state index < -0.39 is 0 Å². The number of nitrogens with zero attached hydrogens (tertiary/aromatic N) is 3. The highest BCUT2D eigenvalue weighted by Gasteiger charge is 2.09. The second kappa shape index (κ2) is 6.07. The first-order valence-electron chi connectivity index (χ1n) is 5.92. The largest absolute Gasteiger partial charge is 0.411 e. The van der Waals surface area contributed by atoms with E-state index in [1.165, 1.54) is 11.8 Å². The molecule has 2 aromatic heterocycles. The van der Waals surface area contributed by atoms with Gasteiger partial charge in [-0.3, -0.25) is 4.98 Å². The van der Waals surface area contributed by atoms with Crippen LogP contribution in [0, 0.1) is 0 Å². The first-order valence-corrected chi connectivity index (χ1v) is 7.29. The Kier molecular flexibility index (Phi) is 3.99. The molecule has 0 fully saturated rings. The van der Waals surface area contributed by atoms with Crippen molar-refractivity contribution in [2.75, 3.05) is 0 Å². The number of pyridine rings is 1. The maximum absolute atomic E-state index is 5.85. The molecule has 0 aliphatic heterocycles. The normalized spacial score (nSPS) is 10.7. The van der Waals surface area contributed by atoms with Crippen LogP contribution < -0.4 is 0 Å². The first kappa shape index (κ1) is 13.1. The van der Waals surface area contributed by atoms with Gasteiger partial charge in [-0.25, -0.2) is 0 Å². The minimum absolute atomic E-state index is 0.496. The molecule has 0 aliphatic rings. The van der Waals surface area contributed by atoms with E-state index in [-0.39, 0.29) is 0 Å². The second-order valence-electron chi connectivity index (χ2n) is 4.03. The van der Waals surface area contributed by atoms with Crippen LogP contribution >= 0.6 is 23.4 Å². The monoisotopic (exact) mass is 303 g/mol. The van der Waals surface area contributed by atoms with Gasteiger partial charge in [-0.15, -0.1) is 10.2 Å². The van der Waals surface area contributed by atoms with Crippen molar-refractivity contribution in [2.45, 2.75) is 11.0 Å². The smallest absolute Gasteiger partial charge is 0.277 e. The standard InChI is InChI=1S/C14H10ClN3OS/c15-12-5-3-11(4-6-12)13-17-18-14(19-13)20-9-10-2-1-7-16-8-10/h1-8H,9H2. The van der Waals surface area contributed by atoms with Crippen LogP contribution in [-0.4, -0.2) is 15.2 Å². The van der Waals surface area contributed by atoms with Gasteiger partial charge in [0.1, 0.15) is 0 Å². The van der Waals surface area contributed by atoms with Crippen molar-refractivity contribution in [1.29, 1.82) is 0 Å². The van der Waals surface area contributed by atoms with E-state index in [4.69, 9.17) is 16.0 Å². The molecule has 0 unspecified atom stereocenters. The lowest BCUT2D eigenvalue weighted by atomic mass is 10.2. The maximum Gasteiger partial charge on any atom is 0.277 e. The van der Waals surface area contributed by atoms with E-state index in [1.54, 1.807) is 18.3 Å². The summed E-state index contributed by atoms with van der Waals surface area (Å²) in [6, 6.07) is 11.2. The molecule has 6 heteroatoms. The molecular weight excluding hydrogens is 294 g/mol. The summed E-state index contributed by atoms with van der Waals surface area (Å²) in [5, 5.41) is 9.28. The van der Waals surface area contributed by atoms with Crippen LogP contribution in [0.3, 0.4) is 0 Å². The molecule has 2 heterocycles. The van der Waals surface area contributed by atoms with E-state index in [2.05, 4.69) is 15.2 Å². The average Bonchev–Trinajstić information content (AvgIpc) is 2.96. The quantitative estimate of drug-likeness (QED) is 0.680. The van der Waals surface area contributed by atoms with Crippen LogP contribution in [0.15, 0.2) is 58.4 Å². The highest BCUT2D eigenvalue weighted by molar-refractivity contribution is 7.98. The summed E-state index contributed by atoms with van der Waals surface area (Å²) in [6.45, 7) is 0. The number of thioether (sulfide) groups is 1. The molecule has 0 amide bonds. The highest BCUT2D eigenvalue weighted by atomic mass is 35.5.